The fourth-order valence-corrected chi connectivity index (χ4v) is 2.93. The highest BCUT2D eigenvalue weighted by Gasteiger charge is 2.35. The molecule has 0 aliphatic carbocycles. The van der Waals surface area contributed by atoms with E-state index in [4.69, 9.17) is 0 Å². The Morgan fingerprint density at radius 3 is 2.30 bits per heavy atom. The van der Waals surface area contributed by atoms with Gasteiger partial charge in [0.25, 0.3) is 0 Å². The lowest BCUT2D eigenvalue weighted by Crippen LogP contribution is -2.58. The van der Waals surface area contributed by atoms with Gasteiger partial charge < -0.3 is 9.80 Å². The molecule has 0 saturated carbocycles. The number of amides is 2. The third-order valence-electron chi connectivity index (χ3n) is 4.31. The van der Waals surface area contributed by atoms with Crippen LogP contribution in [0.1, 0.15) is 46.6 Å². The van der Waals surface area contributed by atoms with Gasteiger partial charge in [0.15, 0.2) is 0 Å². The average molecular weight is 316 g/mol. The molecule has 23 heavy (non-hydrogen) atoms. The van der Waals surface area contributed by atoms with Crippen molar-refractivity contribution in [2.45, 2.75) is 53.5 Å². The van der Waals surface area contributed by atoms with E-state index in [1.807, 2.05) is 39.8 Å². The SMILES string of the molecule is CCc1ccc(N2CCN(C(=O)CC(C)(C)C)C(C)C2=O)cc1. The van der Waals surface area contributed by atoms with E-state index in [-0.39, 0.29) is 17.2 Å². The zero-order chi connectivity index (χ0) is 17.2. The van der Waals surface area contributed by atoms with Crippen molar-refractivity contribution in [3.05, 3.63) is 29.8 Å². The van der Waals surface area contributed by atoms with Crippen LogP contribution in [0.25, 0.3) is 0 Å². The number of benzene rings is 1. The summed E-state index contributed by atoms with van der Waals surface area (Å²) < 4.78 is 0. The van der Waals surface area contributed by atoms with Crippen LogP contribution in [-0.4, -0.2) is 35.8 Å². The molecule has 2 rings (SSSR count). The van der Waals surface area contributed by atoms with Crippen LogP contribution in [0.3, 0.4) is 0 Å². The molecular weight excluding hydrogens is 288 g/mol. The highest BCUT2D eigenvalue weighted by molar-refractivity contribution is 6.00. The quantitative estimate of drug-likeness (QED) is 0.859. The molecule has 1 saturated heterocycles. The molecule has 2 amide bonds. The number of anilines is 1. The summed E-state index contributed by atoms with van der Waals surface area (Å²) in [6.07, 6.45) is 1.45. The van der Waals surface area contributed by atoms with Crippen LogP contribution in [0.4, 0.5) is 5.69 Å². The lowest BCUT2D eigenvalue weighted by Gasteiger charge is -2.40. The Morgan fingerprint density at radius 2 is 1.78 bits per heavy atom. The van der Waals surface area contributed by atoms with Crippen LogP contribution in [-0.2, 0) is 16.0 Å². The molecule has 126 valence electrons. The molecule has 4 heteroatoms. The number of nitrogens with zero attached hydrogens (tertiary/aromatic N) is 2. The van der Waals surface area contributed by atoms with Crippen molar-refractivity contribution in [1.82, 2.24) is 4.90 Å². The Bertz CT molecular complexity index is 572. The van der Waals surface area contributed by atoms with Crippen molar-refractivity contribution in [3.63, 3.8) is 0 Å². The molecule has 1 unspecified atom stereocenters. The molecule has 1 fully saturated rings. The first-order valence-corrected chi connectivity index (χ1v) is 8.42. The molecule has 1 aliphatic heterocycles. The molecule has 1 aromatic rings. The first-order valence-electron chi connectivity index (χ1n) is 8.42. The summed E-state index contributed by atoms with van der Waals surface area (Å²) in [6.45, 7) is 11.2. The zero-order valence-corrected chi connectivity index (χ0v) is 14.9. The Labute approximate surface area is 139 Å². The van der Waals surface area contributed by atoms with Gasteiger partial charge in [-0.1, -0.05) is 39.8 Å². The maximum Gasteiger partial charge on any atom is 0.249 e. The van der Waals surface area contributed by atoms with E-state index >= 15 is 0 Å². The molecule has 1 aliphatic rings. The van der Waals surface area contributed by atoms with Gasteiger partial charge in [0.2, 0.25) is 11.8 Å². The first-order chi connectivity index (χ1) is 10.7. The fourth-order valence-electron chi connectivity index (χ4n) is 2.93. The van der Waals surface area contributed by atoms with Gasteiger partial charge in [-0.05, 0) is 36.5 Å². The molecule has 1 atom stereocenters. The maximum atomic E-state index is 12.7. The predicted molar refractivity (Wildman–Crippen MR) is 93.4 cm³/mol. The molecule has 0 aromatic heterocycles. The van der Waals surface area contributed by atoms with Crippen LogP contribution < -0.4 is 4.90 Å². The Morgan fingerprint density at radius 1 is 1.17 bits per heavy atom. The second-order valence-electron chi connectivity index (χ2n) is 7.51. The number of hydrogen-bond donors (Lipinski definition) is 0. The van der Waals surface area contributed by atoms with Crippen molar-refractivity contribution >= 4 is 17.5 Å². The summed E-state index contributed by atoms with van der Waals surface area (Å²) in [4.78, 5) is 28.7. The Balaban J connectivity index is 2.10. The van der Waals surface area contributed by atoms with Crippen molar-refractivity contribution < 1.29 is 9.59 Å². The van der Waals surface area contributed by atoms with Gasteiger partial charge in [-0.2, -0.15) is 0 Å². The summed E-state index contributed by atoms with van der Waals surface area (Å²) in [5, 5.41) is 0. The van der Waals surface area contributed by atoms with Gasteiger partial charge in [-0.25, -0.2) is 0 Å². The lowest BCUT2D eigenvalue weighted by atomic mass is 9.91. The molecule has 0 N–H and O–H groups in total. The highest BCUT2D eigenvalue weighted by Crippen LogP contribution is 2.25. The number of aryl methyl sites for hydroxylation is 1. The van der Waals surface area contributed by atoms with Gasteiger partial charge >= 0.3 is 0 Å². The summed E-state index contributed by atoms with van der Waals surface area (Å²) >= 11 is 0. The minimum Gasteiger partial charge on any atom is -0.329 e. The standard InChI is InChI=1S/C19H28N2O2/c1-6-15-7-9-16(10-8-15)21-12-11-20(14(2)18(21)23)17(22)13-19(3,4)5/h7-10,14H,6,11-13H2,1-5H3. The molecule has 4 nitrogen and oxygen atoms in total. The van der Waals surface area contributed by atoms with Crippen molar-refractivity contribution in [1.29, 1.82) is 0 Å². The van der Waals surface area contributed by atoms with Crippen LogP contribution in [0.2, 0.25) is 0 Å². The van der Waals surface area contributed by atoms with Crippen LogP contribution in [0, 0.1) is 5.41 Å². The molecule has 1 aromatic carbocycles. The minimum absolute atomic E-state index is 0.00255. The van der Waals surface area contributed by atoms with E-state index < -0.39 is 6.04 Å². The van der Waals surface area contributed by atoms with E-state index in [2.05, 4.69) is 19.1 Å². The van der Waals surface area contributed by atoms with E-state index in [0.29, 0.717) is 19.5 Å². The van der Waals surface area contributed by atoms with Crippen molar-refractivity contribution in [2.75, 3.05) is 18.0 Å². The van der Waals surface area contributed by atoms with E-state index in [9.17, 15) is 9.59 Å². The van der Waals surface area contributed by atoms with Crippen LogP contribution in [0.5, 0.6) is 0 Å². The average Bonchev–Trinajstić information content (AvgIpc) is 2.48. The topological polar surface area (TPSA) is 40.6 Å². The van der Waals surface area contributed by atoms with Gasteiger partial charge in [0.1, 0.15) is 6.04 Å². The normalized spacial score (nSPS) is 19.2. The summed E-state index contributed by atoms with van der Waals surface area (Å²) in [7, 11) is 0. The zero-order valence-electron chi connectivity index (χ0n) is 14.9. The number of piperazine rings is 1. The van der Waals surface area contributed by atoms with Gasteiger partial charge in [-0.3, -0.25) is 9.59 Å². The number of carbonyl (C=O) groups excluding carboxylic acids is 2. The largest absolute Gasteiger partial charge is 0.329 e. The molecule has 0 radical (unpaired) electrons. The second kappa shape index (κ2) is 6.73. The molecular formula is C19H28N2O2. The minimum atomic E-state index is -0.399. The maximum absolute atomic E-state index is 12.7. The van der Waals surface area contributed by atoms with Gasteiger partial charge in [0.05, 0.1) is 0 Å². The fraction of sp³-hybridized carbons (Fsp3) is 0.579. The third-order valence-corrected chi connectivity index (χ3v) is 4.31. The summed E-state index contributed by atoms with van der Waals surface area (Å²) in [5.74, 6) is 0.0714. The van der Waals surface area contributed by atoms with Gasteiger partial charge in [-0.15, -0.1) is 0 Å². The van der Waals surface area contributed by atoms with Gasteiger partial charge in [0, 0.05) is 25.2 Å². The molecule has 1 heterocycles. The molecule has 0 bridgehead atoms. The van der Waals surface area contributed by atoms with E-state index in [1.165, 1.54) is 5.56 Å². The van der Waals surface area contributed by atoms with Crippen LogP contribution >= 0.6 is 0 Å². The highest BCUT2D eigenvalue weighted by atomic mass is 16.2. The van der Waals surface area contributed by atoms with Crippen LogP contribution in [0.15, 0.2) is 24.3 Å². The Kier molecular flexibility index (Phi) is 5.12. The Hall–Kier alpha value is -1.84. The summed E-state index contributed by atoms with van der Waals surface area (Å²) in [5.41, 5.74) is 2.11. The monoisotopic (exact) mass is 316 g/mol. The smallest absolute Gasteiger partial charge is 0.249 e. The second-order valence-corrected chi connectivity index (χ2v) is 7.51. The van der Waals surface area contributed by atoms with E-state index in [1.54, 1.807) is 9.80 Å². The number of rotatable bonds is 3. The third kappa shape index (κ3) is 4.12. The molecule has 0 spiro atoms. The number of hydrogen-bond acceptors (Lipinski definition) is 2. The predicted octanol–water partition coefficient (Wildman–Crippen LogP) is 3.25. The first kappa shape index (κ1) is 17.5. The lowest BCUT2D eigenvalue weighted by molar-refractivity contribution is -0.142. The van der Waals surface area contributed by atoms with E-state index in [0.717, 1.165) is 12.1 Å². The number of carbonyl (C=O) groups is 2. The summed E-state index contributed by atoms with van der Waals surface area (Å²) in [6, 6.07) is 7.71. The van der Waals surface area contributed by atoms with Crippen molar-refractivity contribution in [2.24, 2.45) is 5.41 Å². The van der Waals surface area contributed by atoms with Crippen molar-refractivity contribution in [3.8, 4) is 0 Å².